The van der Waals surface area contributed by atoms with Gasteiger partial charge < -0.3 is 10.5 Å². The summed E-state index contributed by atoms with van der Waals surface area (Å²) in [6.07, 6.45) is 4.58. The predicted molar refractivity (Wildman–Crippen MR) is 76.3 cm³/mol. The normalized spacial score (nSPS) is 17.3. The number of methoxy groups -OCH3 is 1. The lowest BCUT2D eigenvalue weighted by atomic mass is 10.00. The van der Waals surface area contributed by atoms with E-state index < -0.39 is 0 Å². The zero-order valence-corrected chi connectivity index (χ0v) is 11.8. The van der Waals surface area contributed by atoms with Crippen LogP contribution in [0.5, 0.6) is 5.75 Å². The molecule has 0 aliphatic heterocycles. The number of hydrogen-bond donors (Lipinski definition) is 1. The molecular formula is C14H19N5O. The minimum atomic E-state index is -0.0356. The van der Waals surface area contributed by atoms with Crippen LogP contribution in [0.3, 0.4) is 0 Å². The van der Waals surface area contributed by atoms with Gasteiger partial charge in [0.1, 0.15) is 5.75 Å². The molecule has 1 aromatic carbocycles. The Morgan fingerprint density at radius 2 is 2.05 bits per heavy atom. The maximum atomic E-state index is 6.11. The number of hydrogen-bond acceptors (Lipinski definition) is 5. The zero-order chi connectivity index (χ0) is 14.2. The van der Waals surface area contributed by atoms with Crippen molar-refractivity contribution >= 4 is 5.69 Å². The lowest BCUT2D eigenvalue weighted by Crippen LogP contribution is -2.28. The molecule has 1 fully saturated rings. The highest BCUT2D eigenvalue weighted by atomic mass is 16.5. The number of nitrogens with zero attached hydrogens (tertiary/aromatic N) is 4. The van der Waals surface area contributed by atoms with Gasteiger partial charge in [-0.2, -0.15) is 0 Å². The van der Waals surface area contributed by atoms with Crippen LogP contribution in [0.2, 0.25) is 0 Å². The molecule has 6 nitrogen and oxygen atoms in total. The van der Waals surface area contributed by atoms with E-state index in [2.05, 4.69) is 22.4 Å². The van der Waals surface area contributed by atoms with Crippen LogP contribution in [-0.2, 0) is 5.54 Å². The van der Waals surface area contributed by atoms with Crippen molar-refractivity contribution in [3.8, 4) is 17.1 Å². The molecule has 6 heteroatoms. The summed E-state index contributed by atoms with van der Waals surface area (Å²) in [6, 6.07) is 5.58. The van der Waals surface area contributed by atoms with Crippen molar-refractivity contribution in [1.29, 1.82) is 0 Å². The van der Waals surface area contributed by atoms with Crippen molar-refractivity contribution in [1.82, 2.24) is 20.2 Å². The molecular weight excluding hydrogens is 254 g/mol. The Morgan fingerprint density at radius 3 is 2.75 bits per heavy atom. The van der Waals surface area contributed by atoms with Gasteiger partial charge in [0.2, 0.25) is 0 Å². The van der Waals surface area contributed by atoms with E-state index in [1.165, 1.54) is 12.8 Å². The SMILES string of the molecule is COc1cccc(N)c1-c1nnnn1C1(C)CCCC1. The third-order valence-electron chi connectivity index (χ3n) is 4.16. The fourth-order valence-electron chi connectivity index (χ4n) is 3.01. The minimum Gasteiger partial charge on any atom is -0.496 e. The van der Waals surface area contributed by atoms with E-state index >= 15 is 0 Å². The van der Waals surface area contributed by atoms with Gasteiger partial charge in [-0.25, -0.2) is 4.68 Å². The molecule has 1 aliphatic carbocycles. The molecule has 0 atom stereocenters. The Bertz CT molecular complexity index is 616. The molecule has 2 N–H and O–H groups in total. The highest BCUT2D eigenvalue weighted by Gasteiger charge is 2.35. The van der Waals surface area contributed by atoms with E-state index in [1.807, 2.05) is 22.9 Å². The standard InChI is InChI=1S/C14H19N5O/c1-14(8-3-4-9-14)19-13(16-17-18-19)12-10(15)6-5-7-11(12)20-2/h5-7H,3-4,8-9,15H2,1-2H3. The summed E-state index contributed by atoms with van der Waals surface area (Å²) < 4.78 is 7.32. The van der Waals surface area contributed by atoms with E-state index in [0.717, 1.165) is 18.4 Å². The molecule has 0 spiro atoms. The molecule has 0 unspecified atom stereocenters. The van der Waals surface area contributed by atoms with Gasteiger partial charge in [0.05, 0.1) is 18.2 Å². The molecule has 20 heavy (non-hydrogen) atoms. The second-order valence-electron chi connectivity index (χ2n) is 5.54. The van der Waals surface area contributed by atoms with Crippen molar-refractivity contribution < 1.29 is 4.74 Å². The van der Waals surface area contributed by atoms with Crippen LogP contribution in [0.1, 0.15) is 32.6 Å². The highest BCUT2D eigenvalue weighted by molar-refractivity contribution is 5.77. The molecule has 1 heterocycles. The van der Waals surface area contributed by atoms with Gasteiger partial charge in [0.15, 0.2) is 5.82 Å². The maximum absolute atomic E-state index is 6.11. The monoisotopic (exact) mass is 273 g/mol. The van der Waals surface area contributed by atoms with E-state index in [-0.39, 0.29) is 5.54 Å². The molecule has 3 rings (SSSR count). The van der Waals surface area contributed by atoms with Gasteiger partial charge in [-0.1, -0.05) is 18.9 Å². The maximum Gasteiger partial charge on any atom is 0.188 e. The summed E-state index contributed by atoms with van der Waals surface area (Å²) in [5.74, 6) is 1.38. The largest absolute Gasteiger partial charge is 0.496 e. The Morgan fingerprint density at radius 1 is 1.30 bits per heavy atom. The number of nitrogen functional groups attached to an aromatic ring is 1. The highest BCUT2D eigenvalue weighted by Crippen LogP contribution is 2.40. The Labute approximate surface area is 117 Å². The molecule has 0 radical (unpaired) electrons. The van der Waals surface area contributed by atoms with Crippen LogP contribution in [-0.4, -0.2) is 27.3 Å². The van der Waals surface area contributed by atoms with E-state index in [1.54, 1.807) is 7.11 Å². The lowest BCUT2D eigenvalue weighted by Gasteiger charge is -2.25. The van der Waals surface area contributed by atoms with E-state index in [9.17, 15) is 0 Å². The number of aromatic nitrogens is 4. The van der Waals surface area contributed by atoms with Crippen LogP contribution >= 0.6 is 0 Å². The van der Waals surface area contributed by atoms with Crippen LogP contribution in [0.15, 0.2) is 18.2 Å². The summed E-state index contributed by atoms with van der Waals surface area (Å²) in [5, 5.41) is 12.3. The average Bonchev–Trinajstić information content (AvgIpc) is 3.08. The number of rotatable bonds is 3. The van der Waals surface area contributed by atoms with Crippen LogP contribution < -0.4 is 10.5 Å². The van der Waals surface area contributed by atoms with Crippen molar-refractivity contribution in [2.24, 2.45) is 0 Å². The zero-order valence-electron chi connectivity index (χ0n) is 11.8. The number of nitrogens with two attached hydrogens (primary N) is 1. The number of anilines is 1. The summed E-state index contributed by atoms with van der Waals surface area (Å²) in [7, 11) is 1.63. The van der Waals surface area contributed by atoms with Crippen LogP contribution in [0.4, 0.5) is 5.69 Å². The molecule has 2 aromatic rings. The Hall–Kier alpha value is -2.11. The number of ether oxygens (including phenoxy) is 1. The molecule has 0 saturated heterocycles. The first-order valence-electron chi connectivity index (χ1n) is 6.87. The molecule has 1 saturated carbocycles. The average molecular weight is 273 g/mol. The van der Waals surface area contributed by atoms with Crippen molar-refractivity contribution in [2.45, 2.75) is 38.1 Å². The van der Waals surface area contributed by atoms with E-state index in [4.69, 9.17) is 10.5 Å². The fourth-order valence-corrected chi connectivity index (χ4v) is 3.01. The van der Waals surface area contributed by atoms with Gasteiger partial charge >= 0.3 is 0 Å². The van der Waals surface area contributed by atoms with E-state index in [0.29, 0.717) is 17.3 Å². The van der Waals surface area contributed by atoms with Crippen molar-refractivity contribution in [3.05, 3.63) is 18.2 Å². The van der Waals surface area contributed by atoms with Gasteiger partial charge in [0.25, 0.3) is 0 Å². The number of benzene rings is 1. The molecule has 1 aromatic heterocycles. The molecule has 0 amide bonds. The molecule has 106 valence electrons. The first-order valence-corrected chi connectivity index (χ1v) is 6.87. The Balaban J connectivity index is 2.15. The van der Waals surface area contributed by atoms with Gasteiger partial charge in [0, 0.05) is 5.69 Å². The predicted octanol–water partition coefficient (Wildman–Crippen LogP) is 2.22. The summed E-state index contributed by atoms with van der Waals surface area (Å²) >= 11 is 0. The first-order chi connectivity index (χ1) is 9.65. The fraction of sp³-hybridized carbons (Fsp3) is 0.500. The van der Waals surface area contributed by atoms with Crippen LogP contribution in [0.25, 0.3) is 11.4 Å². The topological polar surface area (TPSA) is 78.8 Å². The third kappa shape index (κ3) is 1.92. The third-order valence-corrected chi connectivity index (χ3v) is 4.16. The van der Waals surface area contributed by atoms with Crippen molar-refractivity contribution in [2.75, 3.05) is 12.8 Å². The second kappa shape index (κ2) is 4.77. The molecule has 0 bridgehead atoms. The Kier molecular flexibility index (Phi) is 3.08. The second-order valence-corrected chi connectivity index (χ2v) is 5.54. The van der Waals surface area contributed by atoms with Crippen molar-refractivity contribution in [3.63, 3.8) is 0 Å². The van der Waals surface area contributed by atoms with Gasteiger partial charge in [-0.15, -0.1) is 5.10 Å². The van der Waals surface area contributed by atoms with Crippen LogP contribution in [0, 0.1) is 0 Å². The molecule has 1 aliphatic rings. The quantitative estimate of drug-likeness (QED) is 0.867. The lowest BCUT2D eigenvalue weighted by molar-refractivity contribution is 0.292. The summed E-state index contributed by atoms with van der Waals surface area (Å²) in [4.78, 5) is 0. The minimum absolute atomic E-state index is 0.0356. The van der Waals surface area contributed by atoms with Gasteiger partial charge in [-0.05, 0) is 42.3 Å². The first kappa shape index (κ1) is 12.9. The smallest absolute Gasteiger partial charge is 0.188 e. The van der Waals surface area contributed by atoms with Gasteiger partial charge in [-0.3, -0.25) is 0 Å². The number of tetrazole rings is 1. The summed E-state index contributed by atoms with van der Waals surface area (Å²) in [6.45, 7) is 2.20. The summed E-state index contributed by atoms with van der Waals surface area (Å²) in [5.41, 5.74) is 7.47.